The smallest absolute Gasteiger partial charge is 0.122 e. The maximum atomic E-state index is 10.3. The highest BCUT2D eigenvalue weighted by Gasteiger charge is 2.03. The third-order valence-corrected chi connectivity index (χ3v) is 2.21. The van der Waals surface area contributed by atoms with Gasteiger partial charge >= 0.3 is 0 Å². The van der Waals surface area contributed by atoms with E-state index in [1.807, 2.05) is 6.92 Å². The molecule has 12 heavy (non-hydrogen) atoms. The van der Waals surface area contributed by atoms with Crippen molar-refractivity contribution >= 4 is 6.29 Å². The predicted octanol–water partition coefficient (Wildman–Crippen LogP) is 2.01. The van der Waals surface area contributed by atoms with Crippen LogP contribution in [0.2, 0.25) is 0 Å². The fourth-order valence-electron chi connectivity index (χ4n) is 1.22. The highest BCUT2D eigenvalue weighted by atomic mass is 16.3. The van der Waals surface area contributed by atoms with Crippen LogP contribution < -0.4 is 0 Å². The van der Waals surface area contributed by atoms with Crippen LogP contribution in [-0.2, 0) is 4.79 Å². The minimum Gasteiger partial charge on any atom is -0.396 e. The van der Waals surface area contributed by atoms with Crippen molar-refractivity contribution in [3.05, 3.63) is 0 Å². The lowest BCUT2D eigenvalue weighted by molar-refractivity contribution is -0.110. The first-order valence-corrected chi connectivity index (χ1v) is 4.76. The van der Waals surface area contributed by atoms with Crippen LogP contribution in [0.15, 0.2) is 0 Å². The minimum absolute atomic E-state index is 0.200. The van der Waals surface area contributed by atoms with E-state index >= 15 is 0 Å². The molecule has 0 aromatic heterocycles. The average Bonchev–Trinajstić information content (AvgIpc) is 2.04. The summed E-state index contributed by atoms with van der Waals surface area (Å²) in [6.07, 6.45) is 5.10. The van der Waals surface area contributed by atoms with Gasteiger partial charge in [0.15, 0.2) is 0 Å². The second-order valence-corrected chi connectivity index (χ2v) is 3.66. The van der Waals surface area contributed by atoms with E-state index in [0.717, 1.165) is 32.0 Å². The van der Waals surface area contributed by atoms with Crippen molar-refractivity contribution in [2.45, 2.75) is 39.5 Å². The van der Waals surface area contributed by atoms with Gasteiger partial charge < -0.3 is 9.90 Å². The Kier molecular flexibility index (Phi) is 7.06. The largest absolute Gasteiger partial charge is 0.396 e. The molecule has 2 nitrogen and oxygen atoms in total. The van der Waals surface area contributed by atoms with Crippen molar-refractivity contribution in [3.8, 4) is 0 Å². The highest BCUT2D eigenvalue weighted by Crippen LogP contribution is 2.13. The molecule has 2 atom stereocenters. The van der Waals surface area contributed by atoms with Crippen molar-refractivity contribution in [1.82, 2.24) is 0 Å². The molecule has 0 saturated carbocycles. The normalized spacial score (nSPS) is 15.6. The monoisotopic (exact) mass is 172 g/mol. The van der Waals surface area contributed by atoms with Gasteiger partial charge in [-0.05, 0) is 18.8 Å². The molecule has 0 fully saturated rings. The lowest BCUT2D eigenvalue weighted by Gasteiger charge is -2.09. The first-order chi connectivity index (χ1) is 5.70. The number of carbonyl (C=O) groups excluding carboxylic acids is 1. The zero-order valence-electron chi connectivity index (χ0n) is 8.12. The summed E-state index contributed by atoms with van der Waals surface area (Å²) in [7, 11) is 0. The van der Waals surface area contributed by atoms with E-state index < -0.39 is 0 Å². The summed E-state index contributed by atoms with van der Waals surface area (Å²) in [5.74, 6) is 0.792. The van der Waals surface area contributed by atoms with Gasteiger partial charge in [-0.3, -0.25) is 0 Å². The summed E-state index contributed by atoms with van der Waals surface area (Å²) in [6.45, 7) is 4.37. The first kappa shape index (κ1) is 11.6. The van der Waals surface area contributed by atoms with E-state index in [2.05, 4.69) is 6.92 Å². The van der Waals surface area contributed by atoms with Crippen LogP contribution in [0.25, 0.3) is 0 Å². The molecular weight excluding hydrogens is 152 g/mol. The van der Waals surface area contributed by atoms with Crippen LogP contribution in [0.5, 0.6) is 0 Å². The number of hydrogen-bond acceptors (Lipinski definition) is 2. The Bertz CT molecular complexity index is 112. The third kappa shape index (κ3) is 6.35. The Balaban J connectivity index is 3.23. The van der Waals surface area contributed by atoms with Gasteiger partial charge in [0.1, 0.15) is 6.29 Å². The van der Waals surface area contributed by atoms with Gasteiger partial charge in [-0.25, -0.2) is 0 Å². The quantitative estimate of drug-likeness (QED) is 0.596. The van der Waals surface area contributed by atoms with E-state index in [1.165, 1.54) is 0 Å². The van der Waals surface area contributed by atoms with Gasteiger partial charge in [0, 0.05) is 12.5 Å². The van der Waals surface area contributed by atoms with Crippen molar-refractivity contribution in [1.29, 1.82) is 0 Å². The van der Waals surface area contributed by atoms with Crippen LogP contribution in [-0.4, -0.2) is 18.0 Å². The number of aliphatic hydroxyl groups is 1. The third-order valence-electron chi connectivity index (χ3n) is 2.21. The summed E-state index contributed by atoms with van der Waals surface area (Å²) in [5, 5.41) is 8.64. The van der Waals surface area contributed by atoms with Crippen LogP contribution in [0, 0.1) is 11.8 Å². The molecule has 0 aromatic rings. The molecule has 72 valence electrons. The van der Waals surface area contributed by atoms with Crippen molar-refractivity contribution in [2.75, 3.05) is 6.61 Å². The van der Waals surface area contributed by atoms with E-state index in [-0.39, 0.29) is 12.5 Å². The topological polar surface area (TPSA) is 37.3 Å². The summed E-state index contributed by atoms with van der Waals surface area (Å²) in [4.78, 5) is 10.3. The molecule has 0 saturated heterocycles. The summed E-state index contributed by atoms with van der Waals surface area (Å²) in [5.41, 5.74) is 0. The lowest BCUT2D eigenvalue weighted by Crippen LogP contribution is -2.01. The second kappa shape index (κ2) is 7.29. The maximum Gasteiger partial charge on any atom is 0.122 e. The molecule has 0 rings (SSSR count). The standard InChI is InChI=1S/C10H20O2/c1-9(6-7-11)4-3-5-10(2)8-12/h8-11H,3-7H2,1-2H3. The molecule has 0 spiro atoms. The molecule has 0 aliphatic carbocycles. The Morgan fingerprint density at radius 2 is 1.92 bits per heavy atom. The number of aldehydes is 1. The molecule has 0 bridgehead atoms. The van der Waals surface area contributed by atoms with Crippen LogP contribution in [0.4, 0.5) is 0 Å². The molecule has 0 heterocycles. The maximum absolute atomic E-state index is 10.3. The van der Waals surface area contributed by atoms with Gasteiger partial charge in [0.25, 0.3) is 0 Å². The van der Waals surface area contributed by atoms with Gasteiger partial charge in [-0.1, -0.05) is 26.7 Å². The molecular formula is C10H20O2. The number of rotatable bonds is 7. The minimum atomic E-state index is 0.200. The van der Waals surface area contributed by atoms with Gasteiger partial charge in [0.05, 0.1) is 0 Å². The molecule has 0 amide bonds. The molecule has 0 aliphatic heterocycles. The van der Waals surface area contributed by atoms with Crippen molar-refractivity contribution in [3.63, 3.8) is 0 Å². The molecule has 1 N–H and O–H groups in total. The lowest BCUT2D eigenvalue weighted by atomic mass is 9.97. The average molecular weight is 172 g/mol. The fraction of sp³-hybridized carbons (Fsp3) is 0.900. The van der Waals surface area contributed by atoms with Crippen molar-refractivity contribution < 1.29 is 9.90 Å². The molecule has 2 heteroatoms. The van der Waals surface area contributed by atoms with E-state index in [1.54, 1.807) is 0 Å². The Morgan fingerprint density at radius 1 is 1.25 bits per heavy atom. The number of carbonyl (C=O) groups is 1. The highest BCUT2D eigenvalue weighted by molar-refractivity contribution is 5.52. The zero-order valence-corrected chi connectivity index (χ0v) is 8.12. The van der Waals surface area contributed by atoms with Gasteiger partial charge in [-0.2, -0.15) is 0 Å². The van der Waals surface area contributed by atoms with E-state index in [4.69, 9.17) is 5.11 Å². The summed E-state index contributed by atoms with van der Waals surface area (Å²) in [6, 6.07) is 0. The Morgan fingerprint density at radius 3 is 2.42 bits per heavy atom. The molecule has 0 radical (unpaired) electrons. The number of aliphatic hydroxyl groups excluding tert-OH is 1. The van der Waals surface area contributed by atoms with Gasteiger partial charge in [-0.15, -0.1) is 0 Å². The molecule has 0 aromatic carbocycles. The SMILES string of the molecule is CC(C=O)CCCC(C)CCO. The Hall–Kier alpha value is -0.370. The van der Waals surface area contributed by atoms with Crippen LogP contribution in [0.1, 0.15) is 39.5 Å². The predicted molar refractivity (Wildman–Crippen MR) is 49.9 cm³/mol. The van der Waals surface area contributed by atoms with E-state index in [9.17, 15) is 4.79 Å². The van der Waals surface area contributed by atoms with Crippen molar-refractivity contribution in [2.24, 2.45) is 11.8 Å². The molecule has 0 aliphatic rings. The zero-order chi connectivity index (χ0) is 9.40. The van der Waals surface area contributed by atoms with E-state index in [0.29, 0.717) is 5.92 Å². The summed E-state index contributed by atoms with van der Waals surface area (Å²) >= 11 is 0. The van der Waals surface area contributed by atoms with Crippen LogP contribution in [0.3, 0.4) is 0 Å². The van der Waals surface area contributed by atoms with Gasteiger partial charge in [0.2, 0.25) is 0 Å². The molecule has 2 unspecified atom stereocenters. The summed E-state index contributed by atoms with van der Waals surface area (Å²) < 4.78 is 0. The Labute approximate surface area is 75.0 Å². The number of hydrogen-bond donors (Lipinski definition) is 1. The fourth-order valence-corrected chi connectivity index (χ4v) is 1.22. The first-order valence-electron chi connectivity index (χ1n) is 4.76. The van der Waals surface area contributed by atoms with Crippen LogP contribution >= 0.6 is 0 Å². The second-order valence-electron chi connectivity index (χ2n) is 3.66.